The van der Waals surface area contributed by atoms with E-state index in [1.54, 1.807) is 18.2 Å². The van der Waals surface area contributed by atoms with Gasteiger partial charge in [-0.15, -0.1) is 0 Å². The van der Waals surface area contributed by atoms with Gasteiger partial charge in [0.2, 0.25) is 0 Å². The number of carbonyl (C=O) groups is 1. The second-order valence-corrected chi connectivity index (χ2v) is 5.14. The number of hydrogen-bond donors (Lipinski definition) is 3. The molecule has 0 spiro atoms. The Kier molecular flexibility index (Phi) is 4.24. The summed E-state index contributed by atoms with van der Waals surface area (Å²) in [7, 11) is -4.27. The van der Waals surface area contributed by atoms with Crippen molar-refractivity contribution in [2.75, 3.05) is 6.16 Å². The predicted molar refractivity (Wildman–Crippen MR) is 58.3 cm³/mol. The van der Waals surface area contributed by atoms with Crippen LogP contribution < -0.4 is 0 Å². The second kappa shape index (κ2) is 5.25. The highest BCUT2D eigenvalue weighted by atomic mass is 31.2. The van der Waals surface area contributed by atoms with Crippen molar-refractivity contribution in [3.63, 3.8) is 0 Å². The third kappa shape index (κ3) is 4.57. The summed E-state index contributed by atoms with van der Waals surface area (Å²) in [6.45, 7) is 0. The van der Waals surface area contributed by atoms with Crippen LogP contribution in [0.1, 0.15) is 12.0 Å². The zero-order valence-corrected chi connectivity index (χ0v) is 9.43. The highest BCUT2D eigenvalue weighted by molar-refractivity contribution is 7.52. The summed E-state index contributed by atoms with van der Waals surface area (Å²) in [5.41, 5.74) is 0.599. The van der Waals surface area contributed by atoms with Gasteiger partial charge < -0.3 is 14.9 Å². The zero-order chi connectivity index (χ0) is 12.2. The van der Waals surface area contributed by atoms with Crippen molar-refractivity contribution in [2.24, 2.45) is 0 Å². The standard InChI is InChI=1S/C10H13O5P/c11-9(7-16(13,14)15)6-5-8-3-1-2-4-10(8)12/h1-4,12H,5-7H2,(H2,13,14,15). The molecule has 0 aliphatic heterocycles. The van der Waals surface area contributed by atoms with Crippen LogP contribution in [0.15, 0.2) is 24.3 Å². The van der Waals surface area contributed by atoms with Gasteiger partial charge in [-0.05, 0) is 18.1 Å². The largest absolute Gasteiger partial charge is 0.508 e. The van der Waals surface area contributed by atoms with Crippen LogP contribution in [0.5, 0.6) is 5.75 Å². The molecule has 16 heavy (non-hydrogen) atoms. The van der Waals surface area contributed by atoms with Crippen molar-refractivity contribution < 1.29 is 24.3 Å². The van der Waals surface area contributed by atoms with Gasteiger partial charge in [-0.1, -0.05) is 18.2 Å². The molecule has 0 aliphatic rings. The summed E-state index contributed by atoms with van der Waals surface area (Å²) in [5.74, 6) is -0.414. The topological polar surface area (TPSA) is 94.8 Å². The highest BCUT2D eigenvalue weighted by Gasteiger charge is 2.18. The fraction of sp³-hybridized carbons (Fsp3) is 0.300. The number of phenols is 1. The second-order valence-electron chi connectivity index (χ2n) is 3.49. The molecule has 0 aromatic heterocycles. The van der Waals surface area contributed by atoms with Crippen LogP contribution in [0.4, 0.5) is 0 Å². The molecule has 0 atom stereocenters. The molecular weight excluding hydrogens is 231 g/mol. The molecule has 88 valence electrons. The molecule has 5 nitrogen and oxygen atoms in total. The third-order valence-corrected chi connectivity index (χ3v) is 2.81. The molecular formula is C10H13O5P. The lowest BCUT2D eigenvalue weighted by molar-refractivity contribution is -0.116. The van der Waals surface area contributed by atoms with Gasteiger partial charge in [0.15, 0.2) is 0 Å². The van der Waals surface area contributed by atoms with Crippen molar-refractivity contribution in [3.05, 3.63) is 29.8 Å². The number of aryl methyl sites for hydroxylation is 1. The first-order chi connectivity index (χ1) is 7.38. The van der Waals surface area contributed by atoms with E-state index in [1.807, 2.05) is 0 Å². The summed E-state index contributed by atoms with van der Waals surface area (Å²) in [4.78, 5) is 28.3. The van der Waals surface area contributed by atoms with Gasteiger partial charge in [-0.25, -0.2) is 0 Å². The van der Waals surface area contributed by atoms with Crippen molar-refractivity contribution >= 4 is 13.4 Å². The van der Waals surface area contributed by atoms with Crippen LogP contribution in [0.2, 0.25) is 0 Å². The summed E-state index contributed by atoms with van der Waals surface area (Å²) in [6, 6.07) is 6.56. The first-order valence-electron chi connectivity index (χ1n) is 4.71. The van der Waals surface area contributed by atoms with E-state index in [4.69, 9.17) is 9.79 Å². The number of carbonyl (C=O) groups excluding carboxylic acids is 1. The molecule has 0 amide bonds. The minimum atomic E-state index is -4.27. The fourth-order valence-electron chi connectivity index (χ4n) is 1.31. The lowest BCUT2D eigenvalue weighted by Gasteiger charge is -2.04. The first kappa shape index (κ1) is 12.9. The molecule has 0 saturated heterocycles. The maximum Gasteiger partial charge on any atom is 0.332 e. The molecule has 0 aliphatic carbocycles. The number of aromatic hydroxyl groups is 1. The number of hydrogen-bond acceptors (Lipinski definition) is 3. The Morgan fingerprint density at radius 3 is 2.44 bits per heavy atom. The smallest absolute Gasteiger partial charge is 0.332 e. The molecule has 0 saturated carbocycles. The van der Waals surface area contributed by atoms with Gasteiger partial charge in [0.25, 0.3) is 0 Å². The van der Waals surface area contributed by atoms with E-state index in [9.17, 15) is 14.5 Å². The van der Waals surface area contributed by atoms with Crippen LogP contribution >= 0.6 is 7.60 Å². The molecule has 6 heteroatoms. The average Bonchev–Trinajstić information content (AvgIpc) is 2.14. The van der Waals surface area contributed by atoms with Crippen LogP contribution in [0, 0.1) is 0 Å². The van der Waals surface area contributed by atoms with Crippen molar-refractivity contribution in [3.8, 4) is 5.75 Å². The molecule has 1 aromatic carbocycles. The van der Waals surface area contributed by atoms with Crippen LogP contribution in [-0.4, -0.2) is 26.8 Å². The Labute approximate surface area is 92.9 Å². The molecule has 1 aromatic rings. The van der Waals surface area contributed by atoms with Crippen molar-refractivity contribution in [1.82, 2.24) is 0 Å². The number of ketones is 1. The van der Waals surface area contributed by atoms with E-state index >= 15 is 0 Å². The predicted octanol–water partition coefficient (Wildman–Crippen LogP) is 1.07. The molecule has 0 fully saturated rings. The Morgan fingerprint density at radius 2 is 1.88 bits per heavy atom. The molecule has 0 radical (unpaired) electrons. The van der Waals surface area contributed by atoms with E-state index in [-0.39, 0.29) is 18.6 Å². The number of rotatable bonds is 5. The van der Waals surface area contributed by atoms with Crippen LogP contribution in [0.25, 0.3) is 0 Å². The van der Waals surface area contributed by atoms with Gasteiger partial charge in [-0.3, -0.25) is 9.36 Å². The van der Waals surface area contributed by atoms with E-state index in [2.05, 4.69) is 0 Å². The van der Waals surface area contributed by atoms with E-state index in [0.29, 0.717) is 5.56 Å². The number of benzene rings is 1. The third-order valence-electron chi connectivity index (χ3n) is 2.05. The maximum absolute atomic E-state index is 11.2. The zero-order valence-electron chi connectivity index (χ0n) is 8.54. The summed E-state index contributed by atoms with van der Waals surface area (Å²) >= 11 is 0. The highest BCUT2D eigenvalue weighted by Crippen LogP contribution is 2.34. The van der Waals surface area contributed by atoms with Gasteiger partial charge in [0, 0.05) is 6.42 Å². The normalized spacial score (nSPS) is 11.4. The fourth-order valence-corrected chi connectivity index (χ4v) is 1.92. The molecule has 1 rings (SSSR count). The first-order valence-corrected chi connectivity index (χ1v) is 6.51. The Morgan fingerprint density at radius 1 is 1.25 bits per heavy atom. The van der Waals surface area contributed by atoms with Gasteiger partial charge in [0.1, 0.15) is 17.7 Å². The summed E-state index contributed by atoms with van der Waals surface area (Å²) in [5, 5.41) is 9.39. The molecule has 0 unspecified atom stereocenters. The average molecular weight is 244 g/mol. The monoisotopic (exact) mass is 244 g/mol. The maximum atomic E-state index is 11.2. The summed E-state index contributed by atoms with van der Waals surface area (Å²) < 4.78 is 10.5. The number of para-hydroxylation sites is 1. The molecule has 0 heterocycles. The molecule has 3 N–H and O–H groups in total. The van der Waals surface area contributed by atoms with E-state index in [1.165, 1.54) is 6.07 Å². The Bertz CT molecular complexity index is 423. The lowest BCUT2D eigenvalue weighted by Crippen LogP contribution is -2.06. The molecule has 0 bridgehead atoms. The number of phenolic OH excluding ortho intramolecular Hbond substituents is 1. The summed E-state index contributed by atoms with van der Waals surface area (Å²) in [6.07, 6.45) is -0.436. The minimum absolute atomic E-state index is 0.0166. The van der Waals surface area contributed by atoms with Crippen LogP contribution in [-0.2, 0) is 15.8 Å². The van der Waals surface area contributed by atoms with Crippen molar-refractivity contribution in [1.29, 1.82) is 0 Å². The van der Waals surface area contributed by atoms with Gasteiger partial charge in [-0.2, -0.15) is 0 Å². The quantitative estimate of drug-likeness (QED) is 0.673. The Hall–Kier alpha value is -1.16. The van der Waals surface area contributed by atoms with Crippen molar-refractivity contribution in [2.45, 2.75) is 12.8 Å². The van der Waals surface area contributed by atoms with E-state index < -0.39 is 19.5 Å². The Balaban J connectivity index is 2.50. The van der Waals surface area contributed by atoms with Gasteiger partial charge in [0.05, 0.1) is 0 Å². The lowest BCUT2D eigenvalue weighted by atomic mass is 10.1. The van der Waals surface area contributed by atoms with E-state index in [0.717, 1.165) is 0 Å². The van der Waals surface area contributed by atoms with Gasteiger partial charge >= 0.3 is 7.60 Å². The SMILES string of the molecule is O=C(CCc1ccccc1O)CP(=O)(O)O. The number of Topliss-reactive ketones (excluding diaryl/α,β-unsaturated/α-hetero) is 1. The minimum Gasteiger partial charge on any atom is -0.508 e. The van der Waals surface area contributed by atoms with Crippen LogP contribution in [0.3, 0.4) is 0 Å².